The van der Waals surface area contributed by atoms with E-state index in [0.29, 0.717) is 0 Å². The first-order valence-corrected chi connectivity index (χ1v) is 17.7. The molecule has 0 fully saturated rings. The van der Waals surface area contributed by atoms with Gasteiger partial charge in [-0.15, -0.1) is 11.3 Å². The van der Waals surface area contributed by atoms with Gasteiger partial charge in [-0.1, -0.05) is 123 Å². The molecule has 47 heavy (non-hydrogen) atoms. The van der Waals surface area contributed by atoms with E-state index in [1.165, 1.54) is 65.2 Å². The quantitative estimate of drug-likeness (QED) is 0.185. The van der Waals surface area contributed by atoms with Crippen molar-refractivity contribution in [2.24, 2.45) is 0 Å². The normalized spacial score (nSPS) is 15.9. The van der Waals surface area contributed by atoms with Gasteiger partial charge in [-0.2, -0.15) is 0 Å². The lowest BCUT2D eigenvalue weighted by Gasteiger charge is -2.29. The molecule has 0 radical (unpaired) electrons. The summed E-state index contributed by atoms with van der Waals surface area (Å²) < 4.78 is 1.41. The maximum absolute atomic E-state index is 2.43. The maximum atomic E-state index is 2.43. The van der Waals surface area contributed by atoms with Crippen molar-refractivity contribution in [3.8, 4) is 22.3 Å². The van der Waals surface area contributed by atoms with E-state index >= 15 is 0 Å². The SMILES string of the molecule is CC1(C)C2=C(C=CCC2)c2ccc(N(c3ccccc3)c3ccc(-c4ccc(-c5cccc6c7c(sc56)CCC=C7)cc4)cc3)cc21. The minimum absolute atomic E-state index is 0.0370. The molecule has 5 aromatic carbocycles. The number of para-hydroxylation sites is 1. The van der Waals surface area contributed by atoms with Crippen molar-refractivity contribution in [1.29, 1.82) is 0 Å². The molecular weight excluding hydrogens is 587 g/mol. The number of rotatable bonds is 5. The third-order valence-electron chi connectivity index (χ3n) is 10.5. The fraction of sp³-hybridized carbons (Fsp3) is 0.156. The van der Waals surface area contributed by atoms with Gasteiger partial charge in [-0.05, 0) is 107 Å². The van der Waals surface area contributed by atoms with Gasteiger partial charge in [-0.3, -0.25) is 0 Å². The van der Waals surface area contributed by atoms with Crippen LogP contribution >= 0.6 is 11.3 Å². The summed E-state index contributed by atoms with van der Waals surface area (Å²) in [5.74, 6) is 0. The predicted octanol–water partition coefficient (Wildman–Crippen LogP) is 13.1. The second-order valence-electron chi connectivity index (χ2n) is 13.5. The van der Waals surface area contributed by atoms with Gasteiger partial charge in [-0.25, -0.2) is 0 Å². The molecule has 9 rings (SSSR count). The summed E-state index contributed by atoms with van der Waals surface area (Å²) in [6.45, 7) is 4.80. The molecule has 3 aliphatic rings. The van der Waals surface area contributed by atoms with Crippen LogP contribution in [0.1, 0.15) is 54.7 Å². The van der Waals surface area contributed by atoms with Crippen molar-refractivity contribution in [3.05, 3.63) is 161 Å². The van der Waals surface area contributed by atoms with Crippen LogP contribution in [0.3, 0.4) is 0 Å². The summed E-state index contributed by atoms with van der Waals surface area (Å²) in [7, 11) is 0. The second-order valence-corrected chi connectivity index (χ2v) is 14.7. The molecule has 0 atom stereocenters. The third kappa shape index (κ3) is 4.66. The van der Waals surface area contributed by atoms with Gasteiger partial charge in [0.25, 0.3) is 0 Å². The Kier molecular flexibility index (Phi) is 6.69. The van der Waals surface area contributed by atoms with Crippen LogP contribution in [0, 0.1) is 0 Å². The highest BCUT2D eigenvalue weighted by Gasteiger charge is 2.37. The topological polar surface area (TPSA) is 3.24 Å². The van der Waals surface area contributed by atoms with E-state index in [2.05, 4.69) is 158 Å². The maximum Gasteiger partial charge on any atom is 0.0465 e. The monoisotopic (exact) mass is 623 g/mol. The molecule has 0 aliphatic heterocycles. The molecular formula is C45H37NS. The Morgan fingerprint density at radius 3 is 2.09 bits per heavy atom. The number of aryl methyl sites for hydroxylation is 1. The van der Waals surface area contributed by atoms with Gasteiger partial charge in [0.05, 0.1) is 0 Å². The Morgan fingerprint density at radius 1 is 0.596 bits per heavy atom. The lowest BCUT2D eigenvalue weighted by atomic mass is 9.78. The number of hydrogen-bond acceptors (Lipinski definition) is 2. The molecule has 0 saturated heterocycles. The first-order valence-electron chi connectivity index (χ1n) is 16.9. The highest BCUT2D eigenvalue weighted by molar-refractivity contribution is 7.20. The van der Waals surface area contributed by atoms with Crippen LogP contribution in [0.4, 0.5) is 17.1 Å². The van der Waals surface area contributed by atoms with Crippen molar-refractivity contribution in [3.63, 3.8) is 0 Å². The molecule has 0 spiro atoms. The zero-order chi connectivity index (χ0) is 31.5. The molecule has 228 valence electrons. The highest BCUT2D eigenvalue weighted by atomic mass is 32.1. The van der Waals surface area contributed by atoms with E-state index < -0.39 is 0 Å². The summed E-state index contributed by atoms with van der Waals surface area (Å²) >= 11 is 1.97. The van der Waals surface area contributed by atoms with E-state index in [1.807, 2.05) is 11.3 Å². The van der Waals surface area contributed by atoms with Gasteiger partial charge in [0.1, 0.15) is 0 Å². The van der Waals surface area contributed by atoms with Crippen LogP contribution in [0.5, 0.6) is 0 Å². The van der Waals surface area contributed by atoms with E-state index in [-0.39, 0.29) is 5.41 Å². The average Bonchev–Trinajstić information content (AvgIpc) is 3.62. The van der Waals surface area contributed by atoms with Crippen molar-refractivity contribution in [2.45, 2.75) is 44.9 Å². The molecule has 0 saturated carbocycles. The number of benzene rings is 5. The van der Waals surface area contributed by atoms with Crippen molar-refractivity contribution < 1.29 is 0 Å². The van der Waals surface area contributed by atoms with Crippen LogP contribution in [0.15, 0.2) is 139 Å². The molecule has 0 bridgehead atoms. The molecule has 1 heterocycles. The Labute approximate surface area is 281 Å². The first-order chi connectivity index (χ1) is 23.1. The summed E-state index contributed by atoms with van der Waals surface area (Å²) in [6.07, 6.45) is 13.9. The minimum Gasteiger partial charge on any atom is -0.310 e. The van der Waals surface area contributed by atoms with Crippen molar-refractivity contribution in [1.82, 2.24) is 0 Å². The molecule has 1 nitrogen and oxygen atoms in total. The number of fused-ring (bicyclic) bond motifs is 5. The largest absolute Gasteiger partial charge is 0.310 e. The van der Waals surface area contributed by atoms with Gasteiger partial charge in [0.15, 0.2) is 0 Å². The Hall–Kier alpha value is -4.92. The fourth-order valence-electron chi connectivity index (χ4n) is 8.02. The number of hydrogen-bond donors (Lipinski definition) is 0. The smallest absolute Gasteiger partial charge is 0.0465 e. The molecule has 6 aromatic rings. The fourth-order valence-corrected chi connectivity index (χ4v) is 9.36. The van der Waals surface area contributed by atoms with E-state index in [0.717, 1.165) is 37.1 Å². The summed E-state index contributed by atoms with van der Waals surface area (Å²) in [5, 5.41) is 1.39. The molecule has 0 N–H and O–H groups in total. The van der Waals surface area contributed by atoms with Gasteiger partial charge in [0, 0.05) is 37.4 Å². The second kappa shape index (κ2) is 11.1. The van der Waals surface area contributed by atoms with Crippen LogP contribution in [-0.4, -0.2) is 0 Å². The Morgan fingerprint density at radius 2 is 1.28 bits per heavy atom. The standard InChI is InChI=1S/C45H37NS/c1-45(2)41-17-8-6-13-37(41)38-28-27-35(29-42(38)45)46(33-11-4-3-5-12-33)34-25-23-31(24-26-34)30-19-21-32(22-20-30)36-15-10-16-40-39-14-7-9-18-43(39)47-44(36)40/h3-7,10-16,19-29H,8-9,17-18H2,1-2H3. The molecule has 0 unspecified atom stereocenters. The van der Waals surface area contributed by atoms with E-state index in [9.17, 15) is 0 Å². The summed E-state index contributed by atoms with van der Waals surface area (Å²) in [4.78, 5) is 3.92. The number of nitrogens with zero attached hydrogens (tertiary/aromatic N) is 1. The average molecular weight is 624 g/mol. The number of allylic oxidation sites excluding steroid dienone is 5. The van der Waals surface area contributed by atoms with Crippen LogP contribution in [0.25, 0.3) is 44.0 Å². The molecule has 1 aromatic heterocycles. The van der Waals surface area contributed by atoms with Gasteiger partial charge >= 0.3 is 0 Å². The molecule has 0 amide bonds. The first kappa shape index (κ1) is 28.3. The number of thiophene rings is 1. The van der Waals surface area contributed by atoms with Crippen LogP contribution in [-0.2, 0) is 11.8 Å². The Balaban J connectivity index is 1.05. The van der Waals surface area contributed by atoms with E-state index in [1.54, 1.807) is 5.57 Å². The molecule has 3 aliphatic carbocycles. The van der Waals surface area contributed by atoms with Crippen molar-refractivity contribution >= 4 is 50.1 Å². The minimum atomic E-state index is 0.0370. The Bertz CT molecular complexity index is 2240. The third-order valence-corrected chi connectivity index (χ3v) is 11.8. The van der Waals surface area contributed by atoms with Crippen LogP contribution < -0.4 is 4.90 Å². The summed E-state index contributed by atoms with van der Waals surface area (Å²) in [6, 6.07) is 42.8. The summed E-state index contributed by atoms with van der Waals surface area (Å²) in [5.41, 5.74) is 15.9. The zero-order valence-corrected chi connectivity index (χ0v) is 27.8. The highest BCUT2D eigenvalue weighted by Crippen LogP contribution is 2.51. The van der Waals surface area contributed by atoms with Gasteiger partial charge < -0.3 is 4.90 Å². The lowest BCUT2D eigenvalue weighted by molar-refractivity contribution is 0.607. The molecule has 2 heteroatoms. The van der Waals surface area contributed by atoms with Crippen LogP contribution in [0.2, 0.25) is 0 Å². The van der Waals surface area contributed by atoms with Gasteiger partial charge in [0.2, 0.25) is 0 Å². The van der Waals surface area contributed by atoms with Crippen molar-refractivity contribution in [2.75, 3.05) is 4.90 Å². The lowest BCUT2D eigenvalue weighted by Crippen LogP contribution is -2.18. The van der Waals surface area contributed by atoms with E-state index in [4.69, 9.17) is 0 Å². The zero-order valence-electron chi connectivity index (χ0n) is 27.0. The predicted molar refractivity (Wildman–Crippen MR) is 203 cm³/mol. The number of anilines is 3.